The highest BCUT2D eigenvalue weighted by Gasteiger charge is 2.13. The number of carbonyl (C=O) groups excluding carboxylic acids is 1. The fourth-order valence-corrected chi connectivity index (χ4v) is 3.90. The van der Waals surface area contributed by atoms with Gasteiger partial charge in [-0.2, -0.15) is 5.10 Å². The van der Waals surface area contributed by atoms with Crippen molar-refractivity contribution in [2.75, 3.05) is 18.2 Å². The fourth-order valence-electron chi connectivity index (χ4n) is 2.72. The van der Waals surface area contributed by atoms with E-state index in [1.165, 1.54) is 34.7 Å². The van der Waals surface area contributed by atoms with Crippen molar-refractivity contribution in [3.05, 3.63) is 57.4 Å². The Bertz CT molecular complexity index is 1090. The Labute approximate surface area is 203 Å². The molecule has 0 saturated carbocycles. The molecule has 0 fully saturated rings. The molecule has 1 aromatic heterocycles. The third-order valence-electron chi connectivity index (χ3n) is 4.36. The number of carbonyl (C=O) groups is 1. The van der Waals surface area contributed by atoms with Crippen LogP contribution in [0.1, 0.15) is 18.3 Å². The molecule has 11 heteroatoms. The minimum Gasteiger partial charge on any atom is -0.507 e. The van der Waals surface area contributed by atoms with Crippen LogP contribution in [0.3, 0.4) is 0 Å². The van der Waals surface area contributed by atoms with E-state index in [0.717, 1.165) is 11.5 Å². The number of nitrogens with one attached hydrogen (secondary N) is 2. The summed E-state index contributed by atoms with van der Waals surface area (Å²) in [4.78, 5) is 12.2. The van der Waals surface area contributed by atoms with Crippen LogP contribution in [-0.4, -0.2) is 44.9 Å². The molecule has 1 heterocycles. The summed E-state index contributed by atoms with van der Waals surface area (Å²) in [6, 6.07) is 12.9. The molecule has 0 unspecified atom stereocenters. The minimum atomic E-state index is -0.294. The van der Waals surface area contributed by atoms with Crippen molar-refractivity contribution in [1.82, 2.24) is 20.2 Å². The average Bonchev–Trinajstić information content (AvgIpc) is 3.20. The Balaban J connectivity index is 1.52. The van der Waals surface area contributed by atoms with Gasteiger partial charge in [-0.1, -0.05) is 11.8 Å². The summed E-state index contributed by atoms with van der Waals surface area (Å²) >= 11 is 3.55. The predicted molar refractivity (Wildman–Crippen MR) is 133 cm³/mol. The molecule has 0 atom stereocenters. The van der Waals surface area contributed by atoms with Gasteiger partial charge in [0.25, 0.3) is 5.91 Å². The molecule has 0 spiro atoms. The van der Waals surface area contributed by atoms with Gasteiger partial charge in [-0.05, 0) is 72.0 Å². The molecule has 0 saturated heterocycles. The molecule has 0 radical (unpaired) electrons. The van der Waals surface area contributed by atoms with Gasteiger partial charge >= 0.3 is 0 Å². The van der Waals surface area contributed by atoms with Crippen molar-refractivity contribution < 1.29 is 14.6 Å². The summed E-state index contributed by atoms with van der Waals surface area (Å²) in [6.45, 7) is 3.23. The van der Waals surface area contributed by atoms with E-state index in [1.807, 2.05) is 35.8 Å². The first-order valence-corrected chi connectivity index (χ1v) is 11.8. The molecule has 0 aliphatic rings. The number of hydrogen-bond acceptors (Lipinski definition) is 8. The number of halogens is 1. The quantitative estimate of drug-likeness (QED) is 0.149. The largest absolute Gasteiger partial charge is 0.507 e. The van der Waals surface area contributed by atoms with Gasteiger partial charge < -0.3 is 19.7 Å². The third-order valence-corrected chi connectivity index (χ3v) is 6.05. The second kappa shape index (κ2) is 11.7. The Morgan fingerprint density at radius 1 is 1.28 bits per heavy atom. The van der Waals surface area contributed by atoms with E-state index in [-0.39, 0.29) is 17.4 Å². The Morgan fingerprint density at radius 2 is 2.06 bits per heavy atom. The molecular weight excluding hydrogens is 543 g/mol. The van der Waals surface area contributed by atoms with Crippen molar-refractivity contribution >= 4 is 52.2 Å². The van der Waals surface area contributed by atoms with E-state index in [4.69, 9.17) is 4.74 Å². The Kier molecular flexibility index (Phi) is 8.73. The van der Waals surface area contributed by atoms with Gasteiger partial charge in [-0.15, -0.1) is 10.2 Å². The van der Waals surface area contributed by atoms with E-state index in [9.17, 15) is 9.90 Å². The third kappa shape index (κ3) is 6.60. The lowest BCUT2D eigenvalue weighted by atomic mass is 10.2. The number of hydrogen-bond donors (Lipinski definition) is 3. The fraction of sp³-hybridized carbons (Fsp3) is 0.238. The predicted octanol–water partition coefficient (Wildman–Crippen LogP) is 3.47. The highest BCUT2D eigenvalue weighted by molar-refractivity contribution is 14.1. The topological polar surface area (TPSA) is 114 Å². The number of rotatable bonds is 10. The number of nitrogens with zero attached hydrogens (tertiary/aromatic N) is 4. The van der Waals surface area contributed by atoms with Gasteiger partial charge in [0.2, 0.25) is 0 Å². The van der Waals surface area contributed by atoms with Gasteiger partial charge in [-0.3, -0.25) is 4.79 Å². The lowest BCUT2D eigenvalue weighted by molar-refractivity contribution is -0.118. The van der Waals surface area contributed by atoms with E-state index < -0.39 is 0 Å². The van der Waals surface area contributed by atoms with Crippen LogP contribution < -0.4 is 15.5 Å². The maximum absolute atomic E-state index is 12.2. The molecule has 3 rings (SSSR count). The number of thioether (sulfide) groups is 1. The normalized spacial score (nSPS) is 11.0. The number of anilines is 1. The van der Waals surface area contributed by atoms with Crippen LogP contribution in [0.25, 0.3) is 0 Å². The zero-order chi connectivity index (χ0) is 22.9. The number of aromatic hydroxyl groups is 1. The molecule has 32 heavy (non-hydrogen) atoms. The first-order chi connectivity index (χ1) is 15.5. The number of amides is 1. The van der Waals surface area contributed by atoms with Crippen LogP contribution in [0, 0.1) is 3.57 Å². The van der Waals surface area contributed by atoms with Gasteiger partial charge in [0.1, 0.15) is 11.5 Å². The minimum absolute atomic E-state index is 0.0422. The number of hydrazone groups is 1. The maximum Gasteiger partial charge on any atom is 0.250 e. The standard InChI is InChI=1S/C21H23IN6O3S/c1-3-28-19(12-23-16-6-4-15(22)5-7-16)25-27-21(28)32-13-20(30)26-24-11-14-10-17(31-2)8-9-18(14)29/h4-11,23,29H,3,12-13H2,1-2H3,(H,26,30)/b24-11-. The second-order valence-corrected chi connectivity index (χ2v) is 8.70. The average molecular weight is 566 g/mol. The molecule has 0 aliphatic carbocycles. The molecule has 3 N–H and O–H groups in total. The van der Waals surface area contributed by atoms with Gasteiger partial charge in [-0.25, -0.2) is 5.43 Å². The smallest absolute Gasteiger partial charge is 0.250 e. The highest BCUT2D eigenvalue weighted by atomic mass is 127. The first kappa shape index (κ1) is 23.9. The number of ether oxygens (including phenoxy) is 1. The number of methoxy groups -OCH3 is 1. The zero-order valence-corrected chi connectivity index (χ0v) is 20.6. The van der Waals surface area contributed by atoms with Gasteiger partial charge in [0.05, 0.1) is 25.6 Å². The summed E-state index contributed by atoms with van der Waals surface area (Å²) in [5.74, 6) is 1.25. The first-order valence-electron chi connectivity index (χ1n) is 9.73. The van der Waals surface area contributed by atoms with Crippen molar-refractivity contribution in [3.8, 4) is 11.5 Å². The molecule has 168 valence electrons. The summed E-state index contributed by atoms with van der Waals surface area (Å²) < 4.78 is 8.25. The monoisotopic (exact) mass is 566 g/mol. The van der Waals surface area contributed by atoms with Crippen LogP contribution in [0.5, 0.6) is 11.5 Å². The second-order valence-electron chi connectivity index (χ2n) is 6.51. The van der Waals surface area contributed by atoms with Crippen LogP contribution >= 0.6 is 34.4 Å². The van der Waals surface area contributed by atoms with Gasteiger partial charge in [0.15, 0.2) is 11.0 Å². The molecule has 9 nitrogen and oxygen atoms in total. The lowest BCUT2D eigenvalue weighted by Gasteiger charge is -2.09. The number of benzene rings is 2. The number of phenolic OH excluding ortho intramolecular Hbond substituents is 1. The van der Waals surface area contributed by atoms with Crippen LogP contribution in [0.2, 0.25) is 0 Å². The summed E-state index contributed by atoms with van der Waals surface area (Å²) in [5.41, 5.74) is 3.89. The molecule has 0 aliphatic heterocycles. The Morgan fingerprint density at radius 3 is 2.78 bits per heavy atom. The summed E-state index contributed by atoms with van der Waals surface area (Å²) in [7, 11) is 1.53. The summed E-state index contributed by atoms with van der Waals surface area (Å²) in [6.07, 6.45) is 1.36. The number of aromatic nitrogens is 3. The van der Waals surface area contributed by atoms with Crippen LogP contribution in [-0.2, 0) is 17.9 Å². The number of phenols is 1. The van der Waals surface area contributed by atoms with E-state index in [0.29, 0.717) is 29.6 Å². The van der Waals surface area contributed by atoms with E-state index >= 15 is 0 Å². The molecule has 2 aromatic carbocycles. The zero-order valence-electron chi connectivity index (χ0n) is 17.6. The van der Waals surface area contributed by atoms with E-state index in [1.54, 1.807) is 12.1 Å². The van der Waals surface area contributed by atoms with Crippen molar-refractivity contribution in [3.63, 3.8) is 0 Å². The van der Waals surface area contributed by atoms with Crippen LogP contribution in [0.4, 0.5) is 5.69 Å². The Hall–Kier alpha value is -2.80. The lowest BCUT2D eigenvalue weighted by Crippen LogP contribution is -2.20. The summed E-state index contributed by atoms with van der Waals surface area (Å²) in [5, 5.41) is 26.2. The SMILES string of the molecule is CCn1c(CNc2ccc(I)cc2)nnc1SCC(=O)N/N=C\c1cc(OC)ccc1O. The molecular formula is C21H23IN6O3S. The van der Waals surface area contributed by atoms with Crippen molar-refractivity contribution in [1.29, 1.82) is 0 Å². The van der Waals surface area contributed by atoms with Crippen molar-refractivity contribution in [2.24, 2.45) is 5.10 Å². The maximum atomic E-state index is 12.2. The van der Waals surface area contributed by atoms with Crippen LogP contribution in [0.15, 0.2) is 52.7 Å². The van der Waals surface area contributed by atoms with Crippen molar-refractivity contribution in [2.45, 2.75) is 25.2 Å². The molecule has 3 aromatic rings. The molecule has 1 amide bonds. The highest BCUT2D eigenvalue weighted by Crippen LogP contribution is 2.21. The van der Waals surface area contributed by atoms with Gasteiger partial charge in [0, 0.05) is 21.4 Å². The molecule has 0 bridgehead atoms. The van der Waals surface area contributed by atoms with E-state index in [2.05, 4.69) is 48.6 Å².